The van der Waals surface area contributed by atoms with E-state index in [0.29, 0.717) is 31.8 Å². The number of likely N-dealkylation sites (tertiary alicyclic amines) is 1. The number of aryl methyl sites for hydroxylation is 1. The maximum absolute atomic E-state index is 13.1. The molecule has 0 saturated carbocycles. The summed E-state index contributed by atoms with van der Waals surface area (Å²) < 4.78 is 0. The van der Waals surface area contributed by atoms with Gasteiger partial charge in [0.15, 0.2) is 5.82 Å². The van der Waals surface area contributed by atoms with Crippen LogP contribution in [0.15, 0.2) is 30.3 Å². The molecule has 1 unspecified atom stereocenters. The van der Waals surface area contributed by atoms with Gasteiger partial charge >= 0.3 is 0 Å². The molecule has 2 aromatic rings. The molecule has 1 aromatic carbocycles. The van der Waals surface area contributed by atoms with Crippen LogP contribution in [0.5, 0.6) is 0 Å². The lowest BCUT2D eigenvalue weighted by Gasteiger charge is -2.31. The minimum absolute atomic E-state index is 0.0892. The number of hydrogen-bond donors (Lipinski definition) is 0. The topological polar surface area (TPSA) is 69.6 Å². The number of likely N-dealkylation sites (N-methyl/N-ethyl adjacent to an activating group) is 1. The lowest BCUT2D eigenvalue weighted by molar-refractivity contribution is -0.133. The van der Waals surface area contributed by atoms with Gasteiger partial charge in [-0.25, -0.2) is 9.97 Å². The zero-order chi connectivity index (χ0) is 22.7. The van der Waals surface area contributed by atoms with E-state index in [1.807, 2.05) is 42.2 Å². The summed E-state index contributed by atoms with van der Waals surface area (Å²) in [6, 6.07) is 9.88. The Labute approximate surface area is 190 Å². The number of anilines is 1. The summed E-state index contributed by atoms with van der Waals surface area (Å²) in [5.74, 6) is 1.61. The lowest BCUT2D eigenvalue weighted by atomic mass is 10.0. The molecule has 0 N–H and O–H groups in total. The number of aromatic nitrogens is 2. The maximum Gasteiger partial charge on any atom is 0.237 e. The molecule has 3 heterocycles. The van der Waals surface area contributed by atoms with Gasteiger partial charge in [0.1, 0.15) is 5.82 Å². The molecule has 170 valence electrons. The molecule has 1 saturated heterocycles. The van der Waals surface area contributed by atoms with E-state index in [9.17, 15) is 9.59 Å². The molecule has 1 aromatic heterocycles. The lowest BCUT2D eigenvalue weighted by Crippen LogP contribution is -2.41. The van der Waals surface area contributed by atoms with Crippen molar-refractivity contribution in [2.75, 3.05) is 31.1 Å². The second-order valence-corrected chi connectivity index (χ2v) is 8.64. The predicted octanol–water partition coefficient (Wildman–Crippen LogP) is 3.27. The zero-order valence-electron chi connectivity index (χ0n) is 19.4. The fourth-order valence-electron chi connectivity index (χ4n) is 4.74. The number of fused-ring (bicyclic) bond motifs is 1. The normalized spacial score (nSPS) is 18.4. The SMILES string of the molecule is CCN(CC)CC(=O)N1CCCC1c1nc(C)c2c(n1)N(Cc1ccccc1)C(=O)CC2. The van der Waals surface area contributed by atoms with Crippen LogP contribution in [0.3, 0.4) is 0 Å². The highest BCUT2D eigenvalue weighted by Gasteiger charge is 2.35. The van der Waals surface area contributed by atoms with Crippen LogP contribution in [0.1, 0.15) is 61.8 Å². The van der Waals surface area contributed by atoms with Crippen LogP contribution >= 0.6 is 0 Å². The van der Waals surface area contributed by atoms with Crippen LogP contribution in [-0.2, 0) is 22.6 Å². The van der Waals surface area contributed by atoms with Crippen LogP contribution in [0.4, 0.5) is 5.82 Å². The minimum Gasteiger partial charge on any atom is -0.331 e. The first kappa shape index (κ1) is 22.4. The summed E-state index contributed by atoms with van der Waals surface area (Å²) in [6.07, 6.45) is 2.94. The molecule has 0 aliphatic carbocycles. The van der Waals surface area contributed by atoms with Crippen LogP contribution in [-0.4, -0.2) is 57.8 Å². The number of carbonyl (C=O) groups is 2. The van der Waals surface area contributed by atoms with E-state index in [4.69, 9.17) is 9.97 Å². The summed E-state index contributed by atoms with van der Waals surface area (Å²) in [5.41, 5.74) is 3.03. The summed E-state index contributed by atoms with van der Waals surface area (Å²) >= 11 is 0. The Balaban J connectivity index is 1.64. The van der Waals surface area contributed by atoms with Gasteiger partial charge in [0.25, 0.3) is 0 Å². The van der Waals surface area contributed by atoms with Crippen LogP contribution in [0.25, 0.3) is 0 Å². The third kappa shape index (κ3) is 4.53. The second kappa shape index (κ2) is 9.77. The Morgan fingerprint density at radius 3 is 2.59 bits per heavy atom. The van der Waals surface area contributed by atoms with Gasteiger partial charge in [-0.1, -0.05) is 44.2 Å². The quantitative estimate of drug-likeness (QED) is 0.668. The third-order valence-electron chi connectivity index (χ3n) is 6.66. The van der Waals surface area contributed by atoms with Crippen LogP contribution < -0.4 is 4.90 Å². The Kier molecular flexibility index (Phi) is 6.84. The van der Waals surface area contributed by atoms with Crippen LogP contribution in [0.2, 0.25) is 0 Å². The smallest absolute Gasteiger partial charge is 0.237 e. The molecule has 7 nitrogen and oxygen atoms in total. The number of rotatable bonds is 7. The Bertz CT molecular complexity index is 974. The molecular weight excluding hydrogens is 402 g/mol. The van der Waals surface area contributed by atoms with Crippen molar-refractivity contribution in [3.8, 4) is 0 Å². The molecule has 0 radical (unpaired) electrons. The molecule has 2 amide bonds. The van der Waals surface area contributed by atoms with Crippen molar-refractivity contribution in [1.29, 1.82) is 0 Å². The van der Waals surface area contributed by atoms with E-state index < -0.39 is 0 Å². The highest BCUT2D eigenvalue weighted by molar-refractivity contribution is 5.95. The standard InChI is InChI=1S/C25H33N5O2/c1-4-28(5-2)17-23(32)29-15-9-12-21(29)24-26-18(3)20-13-14-22(31)30(25(20)27-24)16-19-10-7-6-8-11-19/h6-8,10-11,21H,4-5,9,12-17H2,1-3H3. The Hall–Kier alpha value is -2.80. The second-order valence-electron chi connectivity index (χ2n) is 8.64. The first-order valence-corrected chi connectivity index (χ1v) is 11.7. The number of carbonyl (C=O) groups excluding carboxylic acids is 2. The van der Waals surface area contributed by atoms with Gasteiger partial charge in [-0.3, -0.25) is 19.4 Å². The van der Waals surface area contributed by atoms with E-state index in [2.05, 4.69) is 18.7 Å². The zero-order valence-corrected chi connectivity index (χ0v) is 19.4. The highest BCUT2D eigenvalue weighted by atomic mass is 16.2. The van der Waals surface area contributed by atoms with Crippen LogP contribution in [0, 0.1) is 6.92 Å². The van der Waals surface area contributed by atoms with Gasteiger partial charge in [0.2, 0.25) is 11.8 Å². The van der Waals surface area contributed by atoms with Crippen molar-refractivity contribution < 1.29 is 9.59 Å². The maximum atomic E-state index is 13.1. The van der Waals surface area contributed by atoms with Gasteiger partial charge in [0.05, 0.1) is 19.1 Å². The minimum atomic E-state index is -0.127. The van der Waals surface area contributed by atoms with Crippen molar-refractivity contribution in [3.63, 3.8) is 0 Å². The summed E-state index contributed by atoms with van der Waals surface area (Å²) in [6.45, 7) is 9.51. The molecule has 2 aliphatic heterocycles. The number of nitrogens with zero attached hydrogens (tertiary/aromatic N) is 5. The van der Waals surface area contributed by atoms with Crippen molar-refractivity contribution in [1.82, 2.24) is 19.8 Å². The molecule has 4 rings (SSSR count). The van der Waals surface area contributed by atoms with E-state index >= 15 is 0 Å². The molecule has 2 aliphatic rings. The van der Waals surface area contributed by atoms with Gasteiger partial charge < -0.3 is 4.90 Å². The molecule has 1 fully saturated rings. The Morgan fingerprint density at radius 1 is 1.12 bits per heavy atom. The predicted molar refractivity (Wildman–Crippen MR) is 124 cm³/mol. The Morgan fingerprint density at radius 2 is 1.88 bits per heavy atom. The molecule has 0 spiro atoms. The summed E-state index contributed by atoms with van der Waals surface area (Å²) in [5, 5.41) is 0. The fraction of sp³-hybridized carbons (Fsp3) is 0.520. The van der Waals surface area contributed by atoms with Crippen molar-refractivity contribution in [3.05, 3.63) is 53.0 Å². The average Bonchev–Trinajstić information content (AvgIpc) is 3.30. The first-order chi connectivity index (χ1) is 15.5. The van der Waals surface area contributed by atoms with Gasteiger partial charge in [-0.15, -0.1) is 0 Å². The van der Waals surface area contributed by atoms with E-state index in [1.54, 1.807) is 4.90 Å². The van der Waals surface area contributed by atoms with E-state index in [-0.39, 0.29) is 17.9 Å². The molecule has 1 atom stereocenters. The molecule has 0 bridgehead atoms. The number of benzene rings is 1. The van der Waals surface area contributed by atoms with Gasteiger partial charge in [-0.2, -0.15) is 0 Å². The van der Waals surface area contributed by atoms with Gasteiger partial charge in [0, 0.05) is 24.2 Å². The fourth-order valence-corrected chi connectivity index (χ4v) is 4.74. The number of amides is 2. The molecule has 32 heavy (non-hydrogen) atoms. The van der Waals surface area contributed by atoms with Crippen molar-refractivity contribution in [2.45, 2.75) is 59.0 Å². The number of hydrogen-bond acceptors (Lipinski definition) is 5. The molecular formula is C25H33N5O2. The third-order valence-corrected chi connectivity index (χ3v) is 6.66. The first-order valence-electron chi connectivity index (χ1n) is 11.7. The van der Waals surface area contributed by atoms with Crippen molar-refractivity contribution >= 4 is 17.6 Å². The largest absolute Gasteiger partial charge is 0.331 e. The summed E-state index contributed by atoms with van der Waals surface area (Å²) in [7, 11) is 0. The molecule has 7 heteroatoms. The van der Waals surface area contributed by atoms with E-state index in [1.165, 1.54) is 0 Å². The van der Waals surface area contributed by atoms with Gasteiger partial charge in [-0.05, 0) is 44.8 Å². The highest BCUT2D eigenvalue weighted by Crippen LogP contribution is 2.35. The van der Waals surface area contributed by atoms with Crippen molar-refractivity contribution in [2.24, 2.45) is 0 Å². The van der Waals surface area contributed by atoms with E-state index in [0.717, 1.165) is 55.1 Å². The monoisotopic (exact) mass is 435 g/mol. The summed E-state index contributed by atoms with van der Waals surface area (Å²) in [4.78, 5) is 41.5. The average molecular weight is 436 g/mol.